The maximum absolute atomic E-state index is 13.7. The van der Waals surface area contributed by atoms with E-state index in [0.717, 1.165) is 21.7 Å². The Bertz CT molecular complexity index is 1280. The predicted octanol–water partition coefficient (Wildman–Crippen LogP) is 3.29. The molecule has 0 aliphatic carbocycles. The average molecular weight is 512 g/mol. The van der Waals surface area contributed by atoms with Crippen molar-refractivity contribution in [3.63, 3.8) is 0 Å². The fraction of sp³-hybridized carbons (Fsp3) is 0.259. The van der Waals surface area contributed by atoms with Gasteiger partial charge in [-0.05, 0) is 42.3 Å². The van der Waals surface area contributed by atoms with Gasteiger partial charge in [0, 0.05) is 20.0 Å². The van der Waals surface area contributed by atoms with Crippen LogP contribution in [0, 0.1) is 12.7 Å². The second-order valence-electron chi connectivity index (χ2n) is 8.57. The summed E-state index contributed by atoms with van der Waals surface area (Å²) in [5.74, 6) is -1.38. The summed E-state index contributed by atoms with van der Waals surface area (Å²) >= 11 is 0. The Morgan fingerprint density at radius 2 is 1.53 bits per heavy atom. The maximum Gasteiger partial charge on any atom is 0.244 e. The molecule has 9 heteroatoms. The van der Waals surface area contributed by atoms with E-state index in [9.17, 15) is 22.4 Å². The smallest absolute Gasteiger partial charge is 0.244 e. The first-order chi connectivity index (χ1) is 17.1. The molecule has 3 aromatic rings. The highest BCUT2D eigenvalue weighted by Gasteiger charge is 2.32. The molecule has 7 nitrogen and oxygen atoms in total. The fourth-order valence-electron chi connectivity index (χ4n) is 3.83. The summed E-state index contributed by atoms with van der Waals surface area (Å²) in [7, 11) is -2.33. The number of aryl methyl sites for hydroxylation is 1. The molecule has 3 aromatic carbocycles. The number of halogens is 1. The van der Waals surface area contributed by atoms with Crippen molar-refractivity contribution in [3.05, 3.63) is 101 Å². The Labute approximate surface area is 211 Å². The molecule has 3 rings (SSSR count). The molecule has 190 valence electrons. The molecule has 0 saturated heterocycles. The molecule has 36 heavy (non-hydrogen) atoms. The summed E-state index contributed by atoms with van der Waals surface area (Å²) < 4.78 is 39.8. The minimum atomic E-state index is -3.81. The zero-order valence-corrected chi connectivity index (χ0v) is 21.3. The van der Waals surface area contributed by atoms with E-state index in [1.54, 1.807) is 24.3 Å². The molecule has 0 aliphatic heterocycles. The van der Waals surface area contributed by atoms with Crippen molar-refractivity contribution < 1.29 is 22.4 Å². The van der Waals surface area contributed by atoms with Gasteiger partial charge in [0.1, 0.15) is 18.4 Å². The summed E-state index contributed by atoms with van der Waals surface area (Å²) in [5, 5.41) is 2.61. The average Bonchev–Trinajstić information content (AvgIpc) is 2.86. The van der Waals surface area contributed by atoms with Crippen LogP contribution in [0.3, 0.4) is 0 Å². The van der Waals surface area contributed by atoms with Gasteiger partial charge in [0.2, 0.25) is 21.8 Å². The first-order valence-corrected chi connectivity index (χ1v) is 13.3. The minimum Gasteiger partial charge on any atom is -0.357 e. The zero-order chi connectivity index (χ0) is 26.3. The molecule has 0 saturated carbocycles. The lowest BCUT2D eigenvalue weighted by Crippen LogP contribution is -2.52. The molecule has 1 atom stereocenters. The van der Waals surface area contributed by atoms with E-state index in [-0.39, 0.29) is 13.0 Å². The van der Waals surface area contributed by atoms with Crippen LogP contribution in [0.2, 0.25) is 0 Å². The monoisotopic (exact) mass is 511 g/mol. The van der Waals surface area contributed by atoms with Gasteiger partial charge in [-0.2, -0.15) is 0 Å². The fourth-order valence-corrected chi connectivity index (χ4v) is 4.68. The Balaban J connectivity index is 2.00. The molecule has 0 aliphatic rings. The molecule has 0 bridgehead atoms. The van der Waals surface area contributed by atoms with Crippen LogP contribution in [0.1, 0.15) is 16.7 Å². The topological polar surface area (TPSA) is 86.8 Å². The molecule has 0 spiro atoms. The second kappa shape index (κ2) is 11.8. The van der Waals surface area contributed by atoms with Crippen LogP contribution in [0.15, 0.2) is 78.9 Å². The van der Waals surface area contributed by atoms with E-state index in [2.05, 4.69) is 5.32 Å². The van der Waals surface area contributed by atoms with Crippen LogP contribution in [-0.4, -0.2) is 51.0 Å². The second-order valence-corrected chi connectivity index (χ2v) is 10.5. The maximum atomic E-state index is 13.7. The van der Waals surface area contributed by atoms with Crippen LogP contribution in [0.5, 0.6) is 0 Å². The van der Waals surface area contributed by atoms with Gasteiger partial charge in [0.15, 0.2) is 0 Å². The van der Waals surface area contributed by atoms with Gasteiger partial charge >= 0.3 is 0 Å². The lowest BCUT2D eigenvalue weighted by molar-refractivity contribution is -0.139. The number of likely N-dealkylation sites (N-methyl/N-ethyl adjacent to an activating group) is 1. The van der Waals surface area contributed by atoms with Gasteiger partial charge in [-0.25, -0.2) is 12.8 Å². The Morgan fingerprint density at radius 1 is 0.917 bits per heavy atom. The Hall–Kier alpha value is -3.72. The summed E-state index contributed by atoms with van der Waals surface area (Å²) in [6.45, 7) is 1.38. The molecule has 1 unspecified atom stereocenters. The van der Waals surface area contributed by atoms with Gasteiger partial charge in [-0.1, -0.05) is 60.2 Å². The number of carbonyl (C=O) groups is 2. The number of nitrogens with zero attached hydrogens (tertiary/aromatic N) is 2. The highest BCUT2D eigenvalue weighted by Crippen LogP contribution is 2.21. The van der Waals surface area contributed by atoms with Crippen molar-refractivity contribution in [2.24, 2.45) is 0 Å². The van der Waals surface area contributed by atoms with Crippen molar-refractivity contribution in [3.8, 4) is 0 Å². The molecule has 0 heterocycles. The third kappa shape index (κ3) is 7.14. The molecule has 0 radical (unpaired) electrons. The number of nitrogens with one attached hydrogen (secondary N) is 1. The van der Waals surface area contributed by atoms with Crippen LogP contribution >= 0.6 is 0 Å². The molecule has 0 fully saturated rings. The number of anilines is 1. The van der Waals surface area contributed by atoms with Crippen molar-refractivity contribution in [2.45, 2.75) is 25.9 Å². The lowest BCUT2D eigenvalue weighted by Gasteiger charge is -2.33. The molecular formula is C27H30FN3O4S. The Kier molecular flexibility index (Phi) is 8.82. The molecule has 0 aromatic heterocycles. The van der Waals surface area contributed by atoms with E-state index in [4.69, 9.17) is 0 Å². The highest BCUT2D eigenvalue weighted by atomic mass is 32.2. The van der Waals surface area contributed by atoms with Gasteiger partial charge in [-0.3, -0.25) is 13.9 Å². The van der Waals surface area contributed by atoms with Gasteiger partial charge in [0.05, 0.1) is 11.9 Å². The quantitative estimate of drug-likeness (QED) is 0.453. The summed E-state index contributed by atoms with van der Waals surface area (Å²) in [6.07, 6.45) is 1.25. The highest BCUT2D eigenvalue weighted by molar-refractivity contribution is 7.92. The number of benzene rings is 3. The van der Waals surface area contributed by atoms with Gasteiger partial charge in [0.25, 0.3) is 0 Å². The first-order valence-electron chi connectivity index (χ1n) is 11.4. The predicted molar refractivity (Wildman–Crippen MR) is 138 cm³/mol. The van der Waals surface area contributed by atoms with Crippen LogP contribution in [-0.2, 0) is 32.6 Å². The summed E-state index contributed by atoms with van der Waals surface area (Å²) in [6, 6.07) is 20.7. The van der Waals surface area contributed by atoms with E-state index >= 15 is 0 Å². The number of rotatable bonds is 10. The van der Waals surface area contributed by atoms with E-state index in [1.165, 1.54) is 36.2 Å². The van der Waals surface area contributed by atoms with Gasteiger partial charge in [-0.15, -0.1) is 0 Å². The number of hydrogen-bond acceptors (Lipinski definition) is 4. The van der Waals surface area contributed by atoms with Gasteiger partial charge < -0.3 is 10.2 Å². The van der Waals surface area contributed by atoms with Crippen molar-refractivity contribution in [2.75, 3.05) is 24.2 Å². The van der Waals surface area contributed by atoms with Crippen LogP contribution in [0.4, 0.5) is 10.1 Å². The van der Waals surface area contributed by atoms with Crippen molar-refractivity contribution in [1.82, 2.24) is 10.2 Å². The third-order valence-electron chi connectivity index (χ3n) is 5.78. The summed E-state index contributed by atoms with van der Waals surface area (Å²) in [4.78, 5) is 28.1. The number of carbonyl (C=O) groups excluding carboxylic acids is 2. The summed E-state index contributed by atoms with van der Waals surface area (Å²) in [5.41, 5.74) is 2.73. The zero-order valence-electron chi connectivity index (χ0n) is 20.5. The minimum absolute atomic E-state index is 0.00443. The van der Waals surface area contributed by atoms with E-state index in [1.807, 2.05) is 37.3 Å². The Morgan fingerprint density at radius 3 is 2.08 bits per heavy atom. The van der Waals surface area contributed by atoms with E-state index < -0.39 is 40.2 Å². The molecular weight excluding hydrogens is 481 g/mol. The van der Waals surface area contributed by atoms with Crippen molar-refractivity contribution in [1.29, 1.82) is 0 Å². The SMILES string of the molecule is CNC(=O)C(Cc1ccccc1)N(Cc1ccc(F)cc1)C(=O)CN(c1ccc(C)cc1)S(C)(=O)=O. The number of hydrogen-bond donors (Lipinski definition) is 1. The molecule has 1 N–H and O–H groups in total. The standard InChI is InChI=1S/C27H30FN3O4S/c1-20-9-15-24(16-10-20)31(36(3,34)35)19-26(32)30(18-22-11-13-23(28)14-12-22)25(27(33)29-2)17-21-7-5-4-6-8-21/h4-16,25H,17-19H2,1-3H3,(H,29,33). The van der Waals surface area contributed by atoms with Crippen molar-refractivity contribution >= 4 is 27.5 Å². The molecule has 2 amide bonds. The first kappa shape index (κ1) is 26.9. The van der Waals surface area contributed by atoms with Crippen LogP contribution < -0.4 is 9.62 Å². The normalized spacial score (nSPS) is 12.0. The largest absolute Gasteiger partial charge is 0.357 e. The van der Waals surface area contributed by atoms with E-state index in [0.29, 0.717) is 11.3 Å². The third-order valence-corrected chi connectivity index (χ3v) is 6.93. The lowest BCUT2D eigenvalue weighted by atomic mass is 10.0. The number of amides is 2. The number of sulfonamides is 1. The van der Waals surface area contributed by atoms with Crippen LogP contribution in [0.25, 0.3) is 0 Å².